The maximum absolute atomic E-state index is 11.8. The van der Waals surface area contributed by atoms with Gasteiger partial charge < -0.3 is 15.4 Å². The zero-order chi connectivity index (χ0) is 16.7. The van der Waals surface area contributed by atoms with E-state index in [9.17, 15) is 14.4 Å². The van der Waals surface area contributed by atoms with E-state index >= 15 is 0 Å². The molecule has 2 heterocycles. The van der Waals surface area contributed by atoms with Gasteiger partial charge in [-0.05, 0) is 19.8 Å². The lowest BCUT2D eigenvalue weighted by Gasteiger charge is -2.11. The maximum Gasteiger partial charge on any atom is 0.344 e. The number of nitrogens with zero attached hydrogens (tertiary/aromatic N) is 2. The first-order valence-electron chi connectivity index (χ1n) is 7.53. The standard InChI is InChI=1S/C13H21N5O4S/c1-2-14-10(19)6-15-11(20)8-23-13-17-16-12(21)18(13)7-9-4-3-5-22-9/h9H,2-8H2,1H3,(H,14,19)(H,15,20)(H,16,21)/t9-/m1/s1. The highest BCUT2D eigenvalue weighted by Gasteiger charge is 2.20. The molecule has 1 aromatic heterocycles. The molecule has 2 rings (SSSR count). The first kappa shape index (κ1) is 17.5. The quantitative estimate of drug-likeness (QED) is 0.526. The average molecular weight is 343 g/mol. The SMILES string of the molecule is CCNC(=O)CNC(=O)CSc1n[nH]c(=O)n1C[C@H]1CCCO1. The number of nitrogens with one attached hydrogen (secondary N) is 3. The van der Waals surface area contributed by atoms with Crippen LogP contribution in [0.4, 0.5) is 0 Å². The number of carbonyl (C=O) groups is 2. The van der Waals surface area contributed by atoms with Crippen LogP contribution in [0.3, 0.4) is 0 Å². The number of likely N-dealkylation sites (N-methyl/N-ethyl adjacent to an activating group) is 1. The third-order valence-electron chi connectivity index (χ3n) is 3.29. The molecule has 0 unspecified atom stereocenters. The molecular formula is C13H21N5O4S. The average Bonchev–Trinajstić information content (AvgIpc) is 3.15. The van der Waals surface area contributed by atoms with Crippen molar-refractivity contribution in [3.63, 3.8) is 0 Å². The molecule has 1 atom stereocenters. The van der Waals surface area contributed by atoms with Crippen LogP contribution < -0.4 is 16.3 Å². The molecule has 128 valence electrons. The van der Waals surface area contributed by atoms with Gasteiger partial charge in [-0.25, -0.2) is 9.89 Å². The van der Waals surface area contributed by atoms with Gasteiger partial charge in [-0.1, -0.05) is 11.8 Å². The predicted molar refractivity (Wildman–Crippen MR) is 84.2 cm³/mol. The van der Waals surface area contributed by atoms with E-state index in [1.165, 1.54) is 4.57 Å². The summed E-state index contributed by atoms with van der Waals surface area (Å²) in [5.74, 6) is -0.448. The molecule has 0 spiro atoms. The number of carbonyl (C=O) groups excluding carboxylic acids is 2. The summed E-state index contributed by atoms with van der Waals surface area (Å²) in [6.45, 7) is 3.41. The van der Waals surface area contributed by atoms with Crippen LogP contribution in [0.25, 0.3) is 0 Å². The summed E-state index contributed by atoms with van der Waals surface area (Å²) in [5, 5.41) is 11.9. The van der Waals surface area contributed by atoms with Crippen LogP contribution in [0.15, 0.2) is 9.95 Å². The Balaban J connectivity index is 1.82. The Bertz CT molecular complexity index is 593. The summed E-state index contributed by atoms with van der Waals surface area (Å²) in [4.78, 5) is 34.8. The second kappa shape index (κ2) is 8.73. The van der Waals surface area contributed by atoms with Crippen molar-refractivity contribution < 1.29 is 14.3 Å². The summed E-state index contributed by atoms with van der Waals surface area (Å²) in [7, 11) is 0. The molecule has 0 aromatic carbocycles. The van der Waals surface area contributed by atoms with Gasteiger partial charge in [0.25, 0.3) is 0 Å². The predicted octanol–water partition coefficient (Wildman–Crippen LogP) is -0.905. The van der Waals surface area contributed by atoms with Gasteiger partial charge in [-0.15, -0.1) is 5.10 Å². The highest BCUT2D eigenvalue weighted by Crippen LogP contribution is 2.17. The van der Waals surface area contributed by atoms with Crippen LogP contribution in [-0.4, -0.2) is 58.1 Å². The lowest BCUT2D eigenvalue weighted by Crippen LogP contribution is -2.37. The molecule has 0 radical (unpaired) electrons. The topological polar surface area (TPSA) is 118 Å². The second-order valence-corrected chi connectivity index (χ2v) is 6.02. The molecule has 1 aromatic rings. The van der Waals surface area contributed by atoms with Crippen LogP contribution in [0, 0.1) is 0 Å². The normalized spacial score (nSPS) is 17.2. The van der Waals surface area contributed by atoms with Crippen LogP contribution in [0.2, 0.25) is 0 Å². The summed E-state index contributed by atoms with van der Waals surface area (Å²) < 4.78 is 7.00. The molecule has 2 amide bonds. The van der Waals surface area contributed by atoms with E-state index in [4.69, 9.17) is 4.74 Å². The number of aromatic amines is 1. The van der Waals surface area contributed by atoms with E-state index in [0.717, 1.165) is 24.6 Å². The molecular weight excluding hydrogens is 322 g/mol. The largest absolute Gasteiger partial charge is 0.376 e. The zero-order valence-electron chi connectivity index (χ0n) is 13.0. The first-order chi connectivity index (χ1) is 11.1. The zero-order valence-corrected chi connectivity index (χ0v) is 13.8. The smallest absolute Gasteiger partial charge is 0.344 e. The summed E-state index contributed by atoms with van der Waals surface area (Å²) in [6.07, 6.45) is 1.91. The fourth-order valence-electron chi connectivity index (χ4n) is 2.19. The van der Waals surface area contributed by atoms with Crippen molar-refractivity contribution >= 4 is 23.6 Å². The van der Waals surface area contributed by atoms with Crippen molar-refractivity contribution in [2.45, 2.75) is 37.6 Å². The van der Waals surface area contributed by atoms with E-state index in [0.29, 0.717) is 24.9 Å². The van der Waals surface area contributed by atoms with Crippen LogP contribution in [0.5, 0.6) is 0 Å². The van der Waals surface area contributed by atoms with Crippen molar-refractivity contribution in [3.8, 4) is 0 Å². The Morgan fingerprint density at radius 3 is 2.96 bits per heavy atom. The Labute approximate surface area is 137 Å². The number of H-pyrrole nitrogens is 1. The van der Waals surface area contributed by atoms with Gasteiger partial charge in [0.05, 0.1) is 24.9 Å². The lowest BCUT2D eigenvalue weighted by atomic mass is 10.2. The number of amides is 2. The number of aromatic nitrogens is 3. The highest BCUT2D eigenvalue weighted by atomic mass is 32.2. The summed E-state index contributed by atoms with van der Waals surface area (Å²) in [6, 6.07) is 0. The molecule has 0 saturated carbocycles. The van der Waals surface area contributed by atoms with Gasteiger partial charge in [-0.3, -0.25) is 14.2 Å². The van der Waals surface area contributed by atoms with Gasteiger partial charge in [0.1, 0.15) is 0 Å². The highest BCUT2D eigenvalue weighted by molar-refractivity contribution is 7.99. The molecule has 0 bridgehead atoms. The van der Waals surface area contributed by atoms with Gasteiger partial charge in [0.2, 0.25) is 11.8 Å². The van der Waals surface area contributed by atoms with E-state index in [1.54, 1.807) is 6.92 Å². The number of thioether (sulfide) groups is 1. The Morgan fingerprint density at radius 1 is 1.43 bits per heavy atom. The van der Waals surface area contributed by atoms with Gasteiger partial charge in [0.15, 0.2) is 5.16 Å². The minimum atomic E-state index is -0.314. The van der Waals surface area contributed by atoms with Crippen LogP contribution in [-0.2, 0) is 20.9 Å². The molecule has 0 aliphatic carbocycles. The fourth-order valence-corrected chi connectivity index (χ4v) is 2.97. The van der Waals surface area contributed by atoms with Crippen LogP contribution >= 0.6 is 11.8 Å². The van der Waals surface area contributed by atoms with Crippen molar-refractivity contribution in [1.29, 1.82) is 0 Å². The van der Waals surface area contributed by atoms with E-state index in [2.05, 4.69) is 20.8 Å². The fraction of sp³-hybridized carbons (Fsp3) is 0.692. The summed E-state index contributed by atoms with van der Waals surface area (Å²) in [5.41, 5.74) is -0.314. The molecule has 1 fully saturated rings. The van der Waals surface area contributed by atoms with Gasteiger partial charge in [-0.2, -0.15) is 0 Å². The second-order valence-electron chi connectivity index (χ2n) is 5.08. The molecule has 3 N–H and O–H groups in total. The molecule has 1 aliphatic rings. The van der Waals surface area contributed by atoms with Crippen molar-refractivity contribution in [3.05, 3.63) is 10.5 Å². The van der Waals surface area contributed by atoms with Crippen molar-refractivity contribution in [2.24, 2.45) is 0 Å². The van der Waals surface area contributed by atoms with E-state index in [1.807, 2.05) is 0 Å². The van der Waals surface area contributed by atoms with Gasteiger partial charge >= 0.3 is 5.69 Å². The first-order valence-corrected chi connectivity index (χ1v) is 8.51. The molecule has 1 aliphatic heterocycles. The maximum atomic E-state index is 11.8. The van der Waals surface area contributed by atoms with E-state index in [-0.39, 0.29) is 35.9 Å². The number of ether oxygens (including phenoxy) is 1. The molecule has 23 heavy (non-hydrogen) atoms. The Hall–Kier alpha value is -1.81. The monoisotopic (exact) mass is 343 g/mol. The minimum absolute atomic E-state index is 0.0104. The van der Waals surface area contributed by atoms with Crippen LogP contribution in [0.1, 0.15) is 19.8 Å². The number of hydrogen-bond donors (Lipinski definition) is 3. The minimum Gasteiger partial charge on any atom is -0.376 e. The van der Waals surface area contributed by atoms with Crippen molar-refractivity contribution in [1.82, 2.24) is 25.4 Å². The molecule has 1 saturated heterocycles. The van der Waals surface area contributed by atoms with Crippen molar-refractivity contribution in [2.75, 3.05) is 25.4 Å². The Kier molecular flexibility index (Phi) is 6.66. The summed E-state index contributed by atoms with van der Waals surface area (Å²) >= 11 is 1.15. The van der Waals surface area contributed by atoms with E-state index < -0.39 is 0 Å². The number of rotatable bonds is 8. The van der Waals surface area contributed by atoms with Gasteiger partial charge in [0, 0.05) is 13.2 Å². The number of hydrogen-bond acceptors (Lipinski definition) is 6. The molecule has 9 nitrogen and oxygen atoms in total. The third kappa shape index (κ3) is 5.39. The lowest BCUT2D eigenvalue weighted by molar-refractivity contribution is -0.124. The Morgan fingerprint density at radius 2 is 2.26 bits per heavy atom. The molecule has 10 heteroatoms. The third-order valence-corrected chi connectivity index (χ3v) is 4.26.